The molecule has 0 aromatic heterocycles. The highest BCUT2D eigenvalue weighted by Crippen LogP contribution is 2.44. The lowest BCUT2D eigenvalue weighted by molar-refractivity contribution is -0.138. The summed E-state index contributed by atoms with van der Waals surface area (Å²) in [5.41, 5.74) is 4.82. The Bertz CT molecular complexity index is 4120. The normalized spacial score (nSPS) is 18.0. The summed E-state index contributed by atoms with van der Waals surface area (Å²) in [5.74, 6) is -1.30. The molecule has 6 amide bonds. The molecule has 0 saturated carbocycles. The molecule has 0 unspecified atom stereocenters. The van der Waals surface area contributed by atoms with Gasteiger partial charge in [0.05, 0.1) is 28.1 Å². The monoisotopic (exact) mass is 1290 g/mol. The van der Waals surface area contributed by atoms with E-state index in [2.05, 4.69) is 37.2 Å². The third-order valence-corrected chi connectivity index (χ3v) is 15.4. The lowest BCUT2D eigenvalue weighted by Gasteiger charge is -2.36. The number of ether oxygens (including phenoxy) is 3. The van der Waals surface area contributed by atoms with Gasteiger partial charge in [0.15, 0.2) is 5.72 Å². The van der Waals surface area contributed by atoms with E-state index < -0.39 is 64.3 Å². The topological polar surface area (TPSA) is 218 Å². The van der Waals surface area contributed by atoms with Crippen LogP contribution in [0.2, 0.25) is 0 Å². The average molecular weight is 1290 g/mol. The molecule has 486 valence electrons. The minimum Gasteiger partial charge on any atom is -0.491 e. The van der Waals surface area contributed by atoms with Crippen molar-refractivity contribution in [1.82, 2.24) is 10.6 Å². The number of halogens is 9. The molecule has 6 aliphatic rings. The summed E-state index contributed by atoms with van der Waals surface area (Å²) in [6.07, 6.45) is -5.94. The second-order valence-electron chi connectivity index (χ2n) is 23.6. The first-order valence-corrected chi connectivity index (χ1v) is 29.2. The van der Waals surface area contributed by atoms with E-state index in [9.17, 15) is 68.3 Å². The van der Waals surface area contributed by atoms with Crippen LogP contribution in [0.1, 0.15) is 103 Å². The molecule has 17 nitrogen and oxygen atoms in total. The van der Waals surface area contributed by atoms with E-state index in [1.54, 1.807) is 76.0 Å². The highest BCUT2D eigenvalue weighted by molar-refractivity contribution is 6.07. The highest BCUT2D eigenvalue weighted by Gasteiger charge is 2.38. The summed E-state index contributed by atoms with van der Waals surface area (Å²) >= 11 is 0. The number of fused-ring (bicyclic) bond motifs is 6. The zero-order chi connectivity index (χ0) is 67.0. The number of rotatable bonds is 6. The molecule has 0 spiro atoms. The number of carbonyl (C=O) groups excluding carboxylic acids is 6. The molecule has 6 aliphatic heterocycles. The standard InChI is InChI=1S/C24H23F3N2O3.C22H20F3N3O3.C21H18F3N3O3/c1-23(2)13-15(18-8-6-16(24(25,26)27)11-20(18)32-23)10-21(30)28-17-7-4-14-5-9-22(31)29(3)19(14)12-17;1-21(2)28-17(15-7-5-13(22(23,24)25)9-18(15)31-21)11-20(30)26-14-6-3-12-4-8-19(29)27-16(12)10-14;22-21(23,24)13-3-5-15-17(25-7-8-30-18(15)9-13)11-20(29)26-14-4-1-12-2-6-19(28)27-16(12)10-14/h4,6-8,10-12H,5,9,13H2,1-3H3,(H,28,30);3,5-7,9-11,28H,4,8H2,1-2H3,(H,26,30)(H,27,29);1,3-5,9-11,25H,2,6-8H2,(H,26,29)(H,27,28)/b15-10+;2*17-11-. The van der Waals surface area contributed by atoms with Gasteiger partial charge < -0.3 is 56.3 Å². The van der Waals surface area contributed by atoms with Crippen molar-refractivity contribution in [2.75, 3.05) is 51.7 Å². The summed E-state index contributed by atoms with van der Waals surface area (Å²) in [7, 11) is 1.70. The molecule has 6 heterocycles. The van der Waals surface area contributed by atoms with E-state index in [-0.39, 0.29) is 41.6 Å². The van der Waals surface area contributed by atoms with Gasteiger partial charge in [0, 0.05) is 108 Å². The van der Waals surface area contributed by atoms with Crippen LogP contribution in [-0.2, 0) is 66.6 Å². The van der Waals surface area contributed by atoms with Gasteiger partial charge >= 0.3 is 18.5 Å². The Morgan fingerprint density at radius 1 is 0.516 bits per heavy atom. The lowest BCUT2D eigenvalue weighted by atomic mass is 9.88. The fraction of sp³-hybridized carbons (Fsp3) is 0.284. The van der Waals surface area contributed by atoms with Gasteiger partial charge in [-0.3, -0.25) is 28.8 Å². The molecule has 7 N–H and O–H groups in total. The van der Waals surface area contributed by atoms with Gasteiger partial charge in [-0.1, -0.05) is 24.3 Å². The molecular weight excluding hydrogens is 1230 g/mol. The Labute approximate surface area is 526 Å². The van der Waals surface area contributed by atoms with Gasteiger partial charge in [-0.2, -0.15) is 39.5 Å². The van der Waals surface area contributed by atoms with Crippen molar-refractivity contribution in [1.29, 1.82) is 0 Å². The number of hydrogen-bond acceptors (Lipinski definition) is 11. The number of aryl methyl sites for hydroxylation is 3. The molecular formula is C67H61F9N8O9. The van der Waals surface area contributed by atoms with Crippen LogP contribution in [0, 0.1) is 0 Å². The van der Waals surface area contributed by atoms with Crippen LogP contribution < -0.4 is 56.3 Å². The van der Waals surface area contributed by atoms with Crippen LogP contribution >= 0.6 is 0 Å². The van der Waals surface area contributed by atoms with Crippen molar-refractivity contribution >= 4 is 86.5 Å². The zero-order valence-corrected chi connectivity index (χ0v) is 50.5. The Balaban J connectivity index is 0.000000153. The molecule has 0 bridgehead atoms. The maximum absolute atomic E-state index is 13.1. The van der Waals surface area contributed by atoms with Crippen LogP contribution in [0.5, 0.6) is 17.2 Å². The third kappa shape index (κ3) is 16.1. The van der Waals surface area contributed by atoms with E-state index in [4.69, 9.17) is 14.2 Å². The second-order valence-corrected chi connectivity index (χ2v) is 23.6. The molecule has 0 radical (unpaired) electrons. The van der Waals surface area contributed by atoms with Gasteiger partial charge in [0.1, 0.15) is 29.5 Å². The Kier molecular flexibility index (Phi) is 18.2. The van der Waals surface area contributed by atoms with Gasteiger partial charge in [-0.15, -0.1) is 0 Å². The summed E-state index contributed by atoms with van der Waals surface area (Å²) in [4.78, 5) is 74.6. The van der Waals surface area contributed by atoms with Crippen LogP contribution in [0.25, 0.3) is 17.0 Å². The van der Waals surface area contributed by atoms with Crippen molar-refractivity contribution in [3.05, 3.63) is 177 Å². The van der Waals surface area contributed by atoms with Crippen molar-refractivity contribution in [2.45, 2.75) is 102 Å². The minimum absolute atomic E-state index is 0.0161. The van der Waals surface area contributed by atoms with E-state index in [1.165, 1.54) is 36.4 Å². The predicted octanol–water partition coefficient (Wildman–Crippen LogP) is 13.0. The first-order valence-electron chi connectivity index (χ1n) is 29.2. The number of alkyl halides is 9. The summed E-state index contributed by atoms with van der Waals surface area (Å²) in [5, 5.41) is 19.8. The van der Waals surface area contributed by atoms with Crippen molar-refractivity contribution in [3.63, 3.8) is 0 Å². The quantitative estimate of drug-likeness (QED) is 0.0615. The molecule has 0 fully saturated rings. The van der Waals surface area contributed by atoms with Crippen LogP contribution in [0.15, 0.2) is 127 Å². The summed E-state index contributed by atoms with van der Waals surface area (Å²) < 4.78 is 134. The first-order chi connectivity index (χ1) is 43.7. The maximum atomic E-state index is 13.1. The second kappa shape index (κ2) is 25.8. The zero-order valence-electron chi connectivity index (χ0n) is 50.5. The molecule has 12 rings (SSSR count). The summed E-state index contributed by atoms with van der Waals surface area (Å²) in [6, 6.07) is 25.5. The molecule has 6 aromatic carbocycles. The van der Waals surface area contributed by atoms with Crippen LogP contribution in [0.3, 0.4) is 0 Å². The molecule has 26 heteroatoms. The Morgan fingerprint density at radius 2 is 0.968 bits per heavy atom. The fourth-order valence-corrected chi connectivity index (χ4v) is 11.1. The van der Waals surface area contributed by atoms with Gasteiger partial charge in [-0.25, -0.2) is 0 Å². The highest BCUT2D eigenvalue weighted by atomic mass is 19.4. The van der Waals surface area contributed by atoms with Crippen molar-refractivity contribution in [3.8, 4) is 17.2 Å². The average Bonchev–Trinajstić information content (AvgIpc) is 1.10. The lowest BCUT2D eigenvalue weighted by Crippen LogP contribution is -2.47. The van der Waals surface area contributed by atoms with E-state index >= 15 is 0 Å². The maximum Gasteiger partial charge on any atom is 0.416 e. The minimum atomic E-state index is -4.50. The van der Waals surface area contributed by atoms with E-state index in [0.717, 1.165) is 58.8 Å². The van der Waals surface area contributed by atoms with Gasteiger partial charge in [0.2, 0.25) is 35.4 Å². The fourth-order valence-electron chi connectivity index (χ4n) is 11.1. The van der Waals surface area contributed by atoms with Crippen molar-refractivity contribution in [2.24, 2.45) is 0 Å². The Hall–Kier alpha value is -10.3. The number of nitrogens with one attached hydrogen (secondary N) is 7. The molecule has 0 atom stereocenters. The molecule has 0 aliphatic carbocycles. The number of hydrogen-bond donors (Lipinski definition) is 7. The van der Waals surface area contributed by atoms with Gasteiger partial charge in [0.25, 0.3) is 0 Å². The van der Waals surface area contributed by atoms with Crippen molar-refractivity contribution < 1.29 is 82.5 Å². The number of amides is 6. The number of benzene rings is 6. The van der Waals surface area contributed by atoms with Gasteiger partial charge in [-0.05, 0) is 154 Å². The molecule has 0 saturated heterocycles. The van der Waals surface area contributed by atoms with Crippen LogP contribution in [0.4, 0.5) is 73.6 Å². The SMILES string of the molecule is CC1(C)N/C(=C\C(=O)Nc2ccc3c(c2)NC(=O)CC3)c2ccc(C(F)(F)F)cc2O1.CN1C(=O)CCc2ccc(NC(=O)/C=C3\CC(C)(C)Oc4cc(C(F)(F)F)ccc43)cc21.O=C(/C=C1\NCCOc2cc(C(F)(F)F)ccc21)Nc1ccc2c(c1)NC(=O)CC2. The number of anilines is 6. The van der Waals surface area contributed by atoms with Crippen LogP contribution in [-0.4, -0.2) is 67.0 Å². The molecule has 6 aromatic rings. The van der Waals surface area contributed by atoms with E-state index in [0.29, 0.717) is 114 Å². The Morgan fingerprint density at radius 3 is 1.51 bits per heavy atom. The van der Waals surface area contributed by atoms with E-state index in [1.807, 2.05) is 18.2 Å². The summed E-state index contributed by atoms with van der Waals surface area (Å²) in [6.45, 7) is 7.32. The smallest absolute Gasteiger partial charge is 0.416 e. The number of nitrogens with zero attached hydrogens (tertiary/aromatic N) is 1. The third-order valence-electron chi connectivity index (χ3n) is 15.4. The first kappa shape index (κ1) is 65.7. The number of carbonyl (C=O) groups is 6. The molecule has 93 heavy (non-hydrogen) atoms. The largest absolute Gasteiger partial charge is 0.491 e. The predicted molar refractivity (Wildman–Crippen MR) is 330 cm³/mol.